The van der Waals surface area contributed by atoms with E-state index in [9.17, 15) is 9.59 Å². The zero-order valence-electron chi connectivity index (χ0n) is 31.1. The van der Waals surface area contributed by atoms with Gasteiger partial charge in [0.25, 0.3) is 0 Å². The molecule has 7 heteroatoms. The molecule has 51 heavy (non-hydrogen) atoms. The number of hydrogen-bond donors (Lipinski definition) is 0. The van der Waals surface area contributed by atoms with Crippen molar-refractivity contribution in [2.75, 3.05) is 6.79 Å². The highest BCUT2D eigenvalue weighted by atomic mass is 16.7. The van der Waals surface area contributed by atoms with Gasteiger partial charge in [0, 0.05) is 18.4 Å². The molecule has 0 spiro atoms. The van der Waals surface area contributed by atoms with Gasteiger partial charge in [0.05, 0.1) is 11.3 Å². The number of fused-ring (bicyclic) bond motifs is 6. The third-order valence-electron chi connectivity index (χ3n) is 13.5. The van der Waals surface area contributed by atoms with Crippen LogP contribution in [0, 0.1) is 46.3 Å². The van der Waals surface area contributed by atoms with Gasteiger partial charge < -0.3 is 19.0 Å². The molecule has 2 aromatic carbocycles. The maximum Gasteiger partial charge on any atom is 0.358 e. The average Bonchev–Trinajstić information content (AvgIpc) is 3.74. The third-order valence-corrected chi connectivity index (χ3v) is 13.5. The van der Waals surface area contributed by atoms with Crippen molar-refractivity contribution in [1.82, 2.24) is 0 Å². The normalized spacial score (nSPS) is 32.2. The fourth-order valence-electron chi connectivity index (χ4n) is 10.7. The van der Waals surface area contributed by atoms with E-state index in [1.54, 1.807) is 18.2 Å². The van der Waals surface area contributed by atoms with Gasteiger partial charge in [-0.05, 0) is 121 Å². The Balaban J connectivity index is 1.14. The molecule has 4 aliphatic carbocycles. The summed E-state index contributed by atoms with van der Waals surface area (Å²) in [6, 6.07) is 14.8. The number of ether oxygens (including phenoxy) is 3. The number of rotatable bonds is 10. The summed E-state index contributed by atoms with van der Waals surface area (Å²) in [5, 5.41) is 4.71. The molecule has 0 unspecified atom stereocenters. The highest BCUT2D eigenvalue weighted by molar-refractivity contribution is 6.00. The smallest absolute Gasteiger partial charge is 0.358 e. The van der Waals surface area contributed by atoms with Gasteiger partial charge in [0.1, 0.15) is 6.10 Å². The van der Waals surface area contributed by atoms with E-state index in [-0.39, 0.29) is 35.6 Å². The molecule has 8 atom stereocenters. The quantitative estimate of drug-likeness (QED) is 0.107. The van der Waals surface area contributed by atoms with E-state index in [0.29, 0.717) is 47.2 Å². The summed E-state index contributed by atoms with van der Waals surface area (Å²) in [6.45, 7) is 12.3. The van der Waals surface area contributed by atoms with E-state index in [1.165, 1.54) is 50.2 Å². The predicted octanol–water partition coefficient (Wildman–Crippen LogP) is 10.2. The monoisotopic (exact) mass is 693 g/mol. The Morgan fingerprint density at radius 3 is 2.55 bits per heavy atom. The molecule has 7 rings (SSSR count). The lowest BCUT2D eigenvalue weighted by atomic mass is 9.46. The lowest BCUT2D eigenvalue weighted by molar-refractivity contribution is -0.137. The van der Waals surface area contributed by atoms with E-state index < -0.39 is 5.97 Å². The standard InChI is InChI=1S/C44H55NO6/c1-28(2)10-9-11-29(3)34-16-17-35-41-36(21-23-44(34,35)5)43(4)22-20-33(50-42(47)31-12-7-6-8-13-31)25-32(43)26-37(41)45-51-40(46)19-15-30-14-18-38-39(24-30)49-27-48-38/h6-8,12-15,18-19,24,26,28-29,33-36,41H,9-11,16-17,20-23,25,27H2,1-5H3/b19-15+,45-37+/t29-,33+,34-,35+,36+,41+,43+,44-/m1/s1. The SMILES string of the molecule is CC(C)CCC[C@@H](C)[C@H]1CC[C@H]2[C@@H]3/C(=N/OC(=O)/C=C/c4ccc5c(c4)OCO5)C=C4C[C@@H](OC(=O)c5ccccc5)CC[C@]4(C)[C@H]3CC[C@]12C. The molecule has 3 saturated carbocycles. The Bertz CT molecular complexity index is 1690. The number of nitrogens with zero attached hydrogens (tertiary/aromatic N) is 1. The zero-order chi connectivity index (χ0) is 35.8. The first kappa shape index (κ1) is 35.5. The second kappa shape index (κ2) is 14.6. The summed E-state index contributed by atoms with van der Waals surface area (Å²) >= 11 is 0. The largest absolute Gasteiger partial charge is 0.458 e. The molecular formula is C44H55NO6. The zero-order valence-corrected chi connectivity index (χ0v) is 31.1. The Labute approximate surface area is 303 Å². The fourth-order valence-corrected chi connectivity index (χ4v) is 10.7. The lowest BCUT2D eigenvalue weighted by Crippen LogP contribution is -2.54. The Morgan fingerprint density at radius 1 is 0.941 bits per heavy atom. The Morgan fingerprint density at radius 2 is 1.75 bits per heavy atom. The van der Waals surface area contributed by atoms with Crippen LogP contribution in [0.25, 0.3) is 6.08 Å². The van der Waals surface area contributed by atoms with Crippen molar-refractivity contribution in [1.29, 1.82) is 0 Å². The van der Waals surface area contributed by atoms with Crippen molar-refractivity contribution < 1.29 is 28.6 Å². The van der Waals surface area contributed by atoms with Gasteiger partial charge in [-0.25, -0.2) is 9.59 Å². The van der Waals surface area contributed by atoms with Crippen LogP contribution < -0.4 is 9.47 Å². The molecular weight excluding hydrogens is 638 g/mol. The molecule has 7 nitrogen and oxygen atoms in total. The lowest BCUT2D eigenvalue weighted by Gasteiger charge is -2.58. The van der Waals surface area contributed by atoms with Gasteiger partial charge in [0.15, 0.2) is 11.5 Å². The highest BCUT2D eigenvalue weighted by Crippen LogP contribution is 2.67. The third kappa shape index (κ3) is 7.15. The number of oxime groups is 1. The average molecular weight is 694 g/mol. The van der Waals surface area contributed by atoms with Gasteiger partial charge in [-0.15, -0.1) is 0 Å². The number of esters is 1. The number of carbonyl (C=O) groups is 2. The van der Waals surface area contributed by atoms with Crippen LogP contribution in [0.4, 0.5) is 0 Å². The fraction of sp³-hybridized carbons (Fsp3) is 0.568. The van der Waals surface area contributed by atoms with E-state index in [4.69, 9.17) is 24.2 Å². The van der Waals surface area contributed by atoms with Crippen molar-refractivity contribution >= 4 is 23.7 Å². The van der Waals surface area contributed by atoms with Crippen molar-refractivity contribution in [3.63, 3.8) is 0 Å². The van der Waals surface area contributed by atoms with E-state index >= 15 is 0 Å². The van der Waals surface area contributed by atoms with Crippen LogP contribution in [0.15, 0.2) is 71.4 Å². The van der Waals surface area contributed by atoms with Crippen LogP contribution in [0.3, 0.4) is 0 Å². The second-order valence-corrected chi connectivity index (χ2v) is 16.9. The summed E-state index contributed by atoms with van der Waals surface area (Å²) in [6.07, 6.45) is 16.3. The number of allylic oxidation sites excluding steroid dienone is 1. The molecule has 0 N–H and O–H groups in total. The van der Waals surface area contributed by atoms with Crippen LogP contribution in [-0.4, -0.2) is 30.5 Å². The summed E-state index contributed by atoms with van der Waals surface area (Å²) in [7, 11) is 0. The van der Waals surface area contributed by atoms with Crippen molar-refractivity contribution in [2.45, 2.75) is 105 Å². The van der Waals surface area contributed by atoms with E-state index in [2.05, 4.69) is 40.7 Å². The van der Waals surface area contributed by atoms with E-state index in [1.807, 2.05) is 36.4 Å². The number of hydrogen-bond acceptors (Lipinski definition) is 7. The summed E-state index contributed by atoms with van der Waals surface area (Å²) in [4.78, 5) is 31.9. The first-order valence-electron chi connectivity index (χ1n) is 19.4. The molecule has 272 valence electrons. The number of benzene rings is 2. The minimum absolute atomic E-state index is 0.00902. The second-order valence-electron chi connectivity index (χ2n) is 16.9. The topological polar surface area (TPSA) is 83.4 Å². The maximum absolute atomic E-state index is 13.1. The summed E-state index contributed by atoms with van der Waals surface area (Å²) in [5.41, 5.74) is 3.77. The molecule has 0 aromatic heterocycles. The van der Waals surface area contributed by atoms with Gasteiger partial charge >= 0.3 is 11.9 Å². The summed E-state index contributed by atoms with van der Waals surface area (Å²) in [5.74, 6) is 3.81. The van der Waals surface area contributed by atoms with Gasteiger partial charge in [-0.3, -0.25) is 0 Å². The first-order chi connectivity index (χ1) is 24.5. The van der Waals surface area contributed by atoms with Crippen LogP contribution in [0.2, 0.25) is 0 Å². The van der Waals surface area contributed by atoms with Crippen LogP contribution in [-0.2, 0) is 14.4 Å². The Hall–Kier alpha value is -3.87. The number of carbonyl (C=O) groups excluding carboxylic acids is 2. The van der Waals surface area contributed by atoms with Gasteiger partial charge in [0.2, 0.25) is 6.79 Å². The molecule has 0 radical (unpaired) electrons. The Kier molecular flexibility index (Phi) is 10.2. The minimum atomic E-state index is -0.511. The molecule has 0 bridgehead atoms. The van der Waals surface area contributed by atoms with Crippen LogP contribution in [0.1, 0.15) is 115 Å². The molecule has 2 aromatic rings. The van der Waals surface area contributed by atoms with Gasteiger partial charge in [-0.2, -0.15) is 0 Å². The van der Waals surface area contributed by atoms with Crippen LogP contribution >= 0.6 is 0 Å². The highest BCUT2D eigenvalue weighted by Gasteiger charge is 2.61. The minimum Gasteiger partial charge on any atom is -0.458 e. The molecule has 1 heterocycles. The molecule has 3 fully saturated rings. The predicted molar refractivity (Wildman–Crippen MR) is 199 cm³/mol. The van der Waals surface area contributed by atoms with Crippen LogP contribution in [0.5, 0.6) is 11.5 Å². The summed E-state index contributed by atoms with van der Waals surface area (Å²) < 4.78 is 17.0. The maximum atomic E-state index is 13.1. The molecule has 5 aliphatic rings. The molecule has 1 aliphatic heterocycles. The molecule has 0 saturated heterocycles. The first-order valence-corrected chi connectivity index (χ1v) is 19.4. The van der Waals surface area contributed by atoms with Crippen molar-refractivity contribution in [3.05, 3.63) is 77.4 Å². The van der Waals surface area contributed by atoms with E-state index in [0.717, 1.165) is 36.5 Å². The molecule has 0 amide bonds. The van der Waals surface area contributed by atoms with Crippen molar-refractivity contribution in [3.8, 4) is 11.5 Å². The van der Waals surface area contributed by atoms with Gasteiger partial charge in [-0.1, -0.05) is 88.9 Å². The van der Waals surface area contributed by atoms with Crippen molar-refractivity contribution in [2.24, 2.45) is 51.5 Å².